The number of aliphatic carboxylic acids is 1. The topological polar surface area (TPSA) is 100 Å². The van der Waals surface area contributed by atoms with E-state index < -0.39 is 21.1 Å². The van der Waals surface area contributed by atoms with Crippen LogP contribution in [-0.2, 0) is 20.4 Å². The zero-order valence-electron chi connectivity index (χ0n) is 8.71. The van der Waals surface area contributed by atoms with Gasteiger partial charge in [-0.25, -0.2) is 8.42 Å². The summed E-state index contributed by atoms with van der Waals surface area (Å²) in [6.07, 6.45) is 0. The first-order valence-electron chi connectivity index (χ1n) is 4.60. The fourth-order valence-electron chi connectivity index (χ4n) is 1.12. The average molecular weight is 242 g/mol. The summed E-state index contributed by atoms with van der Waals surface area (Å²) in [6, 6.07) is 6.23. The summed E-state index contributed by atoms with van der Waals surface area (Å²) < 4.78 is 23.1. The third kappa shape index (κ3) is 2.96. The van der Waals surface area contributed by atoms with Crippen LogP contribution < -0.4 is 10.8 Å². The van der Waals surface area contributed by atoms with Crippen LogP contribution in [0.15, 0.2) is 24.3 Å². The van der Waals surface area contributed by atoms with Crippen LogP contribution >= 0.6 is 0 Å². The quantitative estimate of drug-likeness (QED) is 0.705. The summed E-state index contributed by atoms with van der Waals surface area (Å²) in [5, 5.41) is 8.97. The molecule has 0 saturated heterocycles. The standard InChI is InChI=1S/C10H13NO4S/c1-7(10(12)13)16(14,15)6-8-2-4-9(11)5-3-8/h2-5,7H,6,11H2,1H3,(H,12,13)/p-1. The highest BCUT2D eigenvalue weighted by Gasteiger charge is 2.22. The molecule has 1 atom stereocenters. The molecule has 5 nitrogen and oxygen atoms in total. The van der Waals surface area contributed by atoms with Crippen LogP contribution in [0.3, 0.4) is 0 Å². The molecule has 1 unspecified atom stereocenters. The Morgan fingerprint density at radius 1 is 1.38 bits per heavy atom. The van der Waals surface area contributed by atoms with Crippen LogP contribution in [-0.4, -0.2) is 19.6 Å². The Labute approximate surface area is 93.8 Å². The Morgan fingerprint density at radius 3 is 2.31 bits per heavy atom. The van der Waals surface area contributed by atoms with E-state index in [0.717, 1.165) is 6.92 Å². The van der Waals surface area contributed by atoms with Crippen molar-refractivity contribution in [3.05, 3.63) is 29.8 Å². The minimum atomic E-state index is -3.73. The Bertz CT molecular complexity index is 478. The highest BCUT2D eigenvalue weighted by Crippen LogP contribution is 2.12. The van der Waals surface area contributed by atoms with Crippen molar-refractivity contribution in [2.75, 3.05) is 5.73 Å². The summed E-state index contributed by atoms with van der Waals surface area (Å²) in [4.78, 5) is 10.5. The van der Waals surface area contributed by atoms with Gasteiger partial charge < -0.3 is 15.6 Å². The maximum absolute atomic E-state index is 11.6. The average Bonchev–Trinajstić information content (AvgIpc) is 2.20. The van der Waals surface area contributed by atoms with Gasteiger partial charge in [-0.1, -0.05) is 12.1 Å². The normalized spacial score (nSPS) is 13.3. The van der Waals surface area contributed by atoms with E-state index in [1.54, 1.807) is 24.3 Å². The molecule has 6 heteroatoms. The van der Waals surface area contributed by atoms with Crippen LogP contribution in [0.5, 0.6) is 0 Å². The molecule has 0 bridgehead atoms. The molecule has 0 heterocycles. The number of carbonyl (C=O) groups excluding carboxylic acids is 1. The van der Waals surface area contributed by atoms with Crippen LogP contribution in [0.1, 0.15) is 12.5 Å². The number of anilines is 1. The first-order chi connectivity index (χ1) is 7.33. The van der Waals surface area contributed by atoms with E-state index in [9.17, 15) is 18.3 Å². The number of benzene rings is 1. The summed E-state index contributed by atoms with van der Waals surface area (Å²) >= 11 is 0. The Kier molecular flexibility index (Phi) is 3.54. The van der Waals surface area contributed by atoms with Crippen molar-refractivity contribution >= 4 is 21.5 Å². The highest BCUT2D eigenvalue weighted by molar-refractivity contribution is 7.91. The van der Waals surface area contributed by atoms with Crippen molar-refractivity contribution in [2.45, 2.75) is 17.9 Å². The van der Waals surface area contributed by atoms with Gasteiger partial charge in [0.15, 0.2) is 9.84 Å². The molecular formula is C10H12NO4S-. The largest absolute Gasteiger partial charge is 0.549 e. The van der Waals surface area contributed by atoms with E-state index in [4.69, 9.17) is 5.73 Å². The zero-order valence-corrected chi connectivity index (χ0v) is 9.53. The van der Waals surface area contributed by atoms with Crippen LogP contribution in [0.4, 0.5) is 5.69 Å². The Hall–Kier alpha value is -1.56. The molecule has 0 aromatic heterocycles. The second-order valence-corrected chi connectivity index (χ2v) is 5.83. The molecule has 16 heavy (non-hydrogen) atoms. The Morgan fingerprint density at radius 2 is 1.88 bits per heavy atom. The van der Waals surface area contributed by atoms with E-state index in [-0.39, 0.29) is 5.75 Å². The van der Waals surface area contributed by atoms with Gasteiger partial charge in [0.25, 0.3) is 0 Å². The predicted molar refractivity (Wildman–Crippen MR) is 57.9 cm³/mol. The zero-order chi connectivity index (χ0) is 12.3. The fourth-order valence-corrected chi connectivity index (χ4v) is 2.32. The summed E-state index contributed by atoms with van der Waals surface area (Å²) in [7, 11) is -3.73. The first-order valence-corrected chi connectivity index (χ1v) is 6.31. The van der Waals surface area contributed by atoms with Crippen molar-refractivity contribution in [2.24, 2.45) is 0 Å². The van der Waals surface area contributed by atoms with Gasteiger partial charge in [0.1, 0.15) is 0 Å². The Balaban J connectivity index is 2.89. The third-order valence-corrected chi connectivity index (χ3v) is 4.22. The molecule has 0 spiro atoms. The number of carbonyl (C=O) groups is 1. The minimum absolute atomic E-state index is 0.331. The molecule has 0 aliphatic rings. The lowest BCUT2D eigenvalue weighted by Gasteiger charge is -2.13. The second kappa shape index (κ2) is 4.52. The maximum Gasteiger partial charge on any atom is 0.162 e. The molecule has 2 N–H and O–H groups in total. The summed E-state index contributed by atoms with van der Waals surface area (Å²) in [5.74, 6) is -1.92. The predicted octanol–water partition coefficient (Wildman–Crippen LogP) is -0.678. The van der Waals surface area contributed by atoms with E-state index in [0.29, 0.717) is 11.3 Å². The number of rotatable bonds is 4. The van der Waals surface area contributed by atoms with Crippen molar-refractivity contribution in [1.82, 2.24) is 0 Å². The van der Waals surface area contributed by atoms with Gasteiger partial charge in [-0.2, -0.15) is 0 Å². The molecular weight excluding hydrogens is 230 g/mol. The molecule has 0 radical (unpaired) electrons. The summed E-state index contributed by atoms with van der Waals surface area (Å²) in [6.45, 7) is 1.10. The smallest absolute Gasteiger partial charge is 0.162 e. The number of hydrogen-bond acceptors (Lipinski definition) is 5. The molecule has 1 aromatic carbocycles. The number of nitrogens with two attached hydrogens (primary N) is 1. The highest BCUT2D eigenvalue weighted by atomic mass is 32.2. The second-order valence-electron chi connectivity index (χ2n) is 3.51. The monoisotopic (exact) mass is 242 g/mol. The minimum Gasteiger partial charge on any atom is -0.549 e. The van der Waals surface area contributed by atoms with Gasteiger partial charge >= 0.3 is 0 Å². The molecule has 1 aromatic rings. The van der Waals surface area contributed by atoms with E-state index in [1.807, 2.05) is 0 Å². The van der Waals surface area contributed by atoms with E-state index in [2.05, 4.69) is 0 Å². The van der Waals surface area contributed by atoms with Crippen molar-refractivity contribution in [1.29, 1.82) is 0 Å². The van der Waals surface area contributed by atoms with Crippen molar-refractivity contribution in [3.8, 4) is 0 Å². The number of carboxylic acids is 1. The van der Waals surface area contributed by atoms with Crippen molar-refractivity contribution in [3.63, 3.8) is 0 Å². The van der Waals surface area contributed by atoms with Crippen LogP contribution in [0.25, 0.3) is 0 Å². The van der Waals surface area contributed by atoms with Gasteiger partial charge in [-0.3, -0.25) is 0 Å². The molecule has 1 rings (SSSR count). The van der Waals surface area contributed by atoms with Gasteiger partial charge in [0.05, 0.1) is 17.0 Å². The van der Waals surface area contributed by atoms with Crippen molar-refractivity contribution < 1.29 is 18.3 Å². The van der Waals surface area contributed by atoms with Gasteiger partial charge in [0, 0.05) is 5.69 Å². The molecule has 0 aliphatic carbocycles. The van der Waals surface area contributed by atoms with Gasteiger partial charge in [-0.15, -0.1) is 0 Å². The number of carboxylic acid groups (broad SMARTS) is 1. The van der Waals surface area contributed by atoms with E-state index in [1.165, 1.54) is 0 Å². The maximum atomic E-state index is 11.6. The number of hydrogen-bond donors (Lipinski definition) is 1. The fraction of sp³-hybridized carbons (Fsp3) is 0.300. The van der Waals surface area contributed by atoms with E-state index >= 15 is 0 Å². The van der Waals surface area contributed by atoms with Crippen LogP contribution in [0, 0.1) is 0 Å². The molecule has 0 saturated carbocycles. The molecule has 0 amide bonds. The van der Waals surface area contributed by atoms with Gasteiger partial charge in [-0.05, 0) is 24.6 Å². The summed E-state index contributed by atoms with van der Waals surface area (Å²) in [5.41, 5.74) is 6.47. The lowest BCUT2D eigenvalue weighted by Crippen LogP contribution is -2.39. The number of sulfone groups is 1. The van der Waals surface area contributed by atoms with Gasteiger partial charge in [0.2, 0.25) is 0 Å². The molecule has 0 fully saturated rings. The SMILES string of the molecule is CC(C(=O)[O-])S(=O)(=O)Cc1ccc(N)cc1. The molecule has 0 aliphatic heterocycles. The molecule has 88 valence electrons. The first kappa shape index (κ1) is 12.5. The van der Waals surface area contributed by atoms with Crippen LogP contribution in [0.2, 0.25) is 0 Å². The third-order valence-electron chi connectivity index (χ3n) is 2.22. The lowest BCUT2D eigenvalue weighted by atomic mass is 10.2. The lowest BCUT2D eigenvalue weighted by molar-refractivity contribution is -0.304. The number of nitrogen functional groups attached to an aromatic ring is 1.